The lowest BCUT2D eigenvalue weighted by Crippen LogP contribution is -2.14. The van der Waals surface area contributed by atoms with Crippen LogP contribution >= 0.6 is 12.4 Å². The van der Waals surface area contributed by atoms with Gasteiger partial charge in [0.25, 0.3) is 0 Å². The van der Waals surface area contributed by atoms with Gasteiger partial charge in [-0.2, -0.15) is 0 Å². The van der Waals surface area contributed by atoms with Crippen molar-refractivity contribution in [3.05, 3.63) is 23.7 Å². The fourth-order valence-corrected chi connectivity index (χ4v) is 1.11. The molecular formula is C9H14ClNO. The molecule has 0 bridgehead atoms. The van der Waals surface area contributed by atoms with Crippen LogP contribution in [-0.2, 0) is 6.54 Å². The Bertz CT molecular complexity index is 242. The highest BCUT2D eigenvalue weighted by molar-refractivity contribution is 5.85. The van der Waals surface area contributed by atoms with Gasteiger partial charge in [-0.3, -0.25) is 0 Å². The van der Waals surface area contributed by atoms with E-state index < -0.39 is 0 Å². The zero-order chi connectivity index (χ0) is 7.68. The molecule has 2 rings (SSSR count). The van der Waals surface area contributed by atoms with E-state index in [4.69, 9.17) is 4.42 Å². The summed E-state index contributed by atoms with van der Waals surface area (Å²) in [6.45, 7) is 2.86. The largest absolute Gasteiger partial charge is 0.465 e. The highest BCUT2D eigenvalue weighted by atomic mass is 35.5. The SMILES string of the molecule is Cc1ccc(CNC2CC2)o1.Cl. The van der Waals surface area contributed by atoms with Crippen LogP contribution in [0.1, 0.15) is 24.4 Å². The number of halogens is 1. The summed E-state index contributed by atoms with van der Waals surface area (Å²) in [5.41, 5.74) is 0. The molecule has 0 saturated heterocycles. The predicted molar refractivity (Wildman–Crippen MR) is 50.6 cm³/mol. The lowest BCUT2D eigenvalue weighted by Gasteiger charge is -1.97. The number of nitrogens with one attached hydrogen (secondary N) is 1. The van der Waals surface area contributed by atoms with E-state index in [9.17, 15) is 0 Å². The van der Waals surface area contributed by atoms with Crippen molar-refractivity contribution < 1.29 is 4.42 Å². The van der Waals surface area contributed by atoms with E-state index in [1.54, 1.807) is 0 Å². The van der Waals surface area contributed by atoms with Crippen LogP contribution in [0.5, 0.6) is 0 Å². The van der Waals surface area contributed by atoms with Gasteiger partial charge in [0.2, 0.25) is 0 Å². The van der Waals surface area contributed by atoms with Crippen molar-refractivity contribution in [3.63, 3.8) is 0 Å². The van der Waals surface area contributed by atoms with E-state index in [1.165, 1.54) is 12.8 Å². The third-order valence-corrected chi connectivity index (χ3v) is 1.94. The predicted octanol–water partition coefficient (Wildman–Crippen LogP) is 2.26. The molecule has 1 saturated carbocycles. The number of hydrogen-bond donors (Lipinski definition) is 1. The number of rotatable bonds is 3. The second-order valence-electron chi connectivity index (χ2n) is 3.17. The Kier molecular flexibility index (Phi) is 3.18. The fourth-order valence-electron chi connectivity index (χ4n) is 1.11. The second kappa shape index (κ2) is 3.97. The molecule has 0 aliphatic heterocycles. The summed E-state index contributed by atoms with van der Waals surface area (Å²) in [6, 6.07) is 4.80. The second-order valence-corrected chi connectivity index (χ2v) is 3.17. The van der Waals surface area contributed by atoms with E-state index >= 15 is 0 Å². The van der Waals surface area contributed by atoms with Gasteiger partial charge in [-0.1, -0.05) is 0 Å². The van der Waals surface area contributed by atoms with Crippen molar-refractivity contribution in [1.82, 2.24) is 5.32 Å². The Morgan fingerprint density at radius 1 is 1.50 bits per heavy atom. The van der Waals surface area contributed by atoms with Crippen LogP contribution in [0.25, 0.3) is 0 Å². The molecule has 0 amide bonds. The summed E-state index contributed by atoms with van der Waals surface area (Å²) in [4.78, 5) is 0. The maximum absolute atomic E-state index is 5.40. The maximum atomic E-state index is 5.40. The lowest BCUT2D eigenvalue weighted by molar-refractivity contribution is 0.461. The van der Waals surface area contributed by atoms with E-state index in [1.807, 2.05) is 19.1 Å². The molecule has 1 aromatic heterocycles. The highest BCUT2D eigenvalue weighted by Crippen LogP contribution is 2.19. The average molecular weight is 188 g/mol. The van der Waals surface area contributed by atoms with Gasteiger partial charge in [-0.25, -0.2) is 0 Å². The van der Waals surface area contributed by atoms with Gasteiger partial charge < -0.3 is 9.73 Å². The molecule has 1 heterocycles. The van der Waals surface area contributed by atoms with Crippen LogP contribution in [0, 0.1) is 6.92 Å². The van der Waals surface area contributed by atoms with Crippen LogP contribution in [0.15, 0.2) is 16.5 Å². The fraction of sp³-hybridized carbons (Fsp3) is 0.556. The Hall–Kier alpha value is -0.470. The third-order valence-electron chi connectivity index (χ3n) is 1.94. The van der Waals surface area contributed by atoms with Gasteiger partial charge >= 0.3 is 0 Å². The molecule has 3 heteroatoms. The first kappa shape index (κ1) is 9.62. The van der Waals surface area contributed by atoms with Gasteiger partial charge in [0.1, 0.15) is 11.5 Å². The van der Waals surface area contributed by atoms with Crippen LogP contribution in [0.2, 0.25) is 0 Å². The Morgan fingerprint density at radius 2 is 2.25 bits per heavy atom. The normalized spacial score (nSPS) is 15.8. The minimum absolute atomic E-state index is 0. The first-order chi connectivity index (χ1) is 5.34. The zero-order valence-electron chi connectivity index (χ0n) is 7.17. The number of furan rings is 1. The van der Waals surface area contributed by atoms with Crippen molar-refractivity contribution in [2.75, 3.05) is 0 Å². The molecule has 0 radical (unpaired) electrons. The van der Waals surface area contributed by atoms with E-state index in [0.29, 0.717) is 0 Å². The molecule has 1 aliphatic carbocycles. The highest BCUT2D eigenvalue weighted by Gasteiger charge is 2.20. The summed E-state index contributed by atoms with van der Waals surface area (Å²) in [5.74, 6) is 2.05. The monoisotopic (exact) mass is 187 g/mol. The molecule has 1 fully saturated rings. The van der Waals surface area contributed by atoms with Crippen LogP contribution in [0.3, 0.4) is 0 Å². The van der Waals surface area contributed by atoms with Crippen molar-refractivity contribution >= 4 is 12.4 Å². The first-order valence-electron chi connectivity index (χ1n) is 4.13. The molecular weight excluding hydrogens is 174 g/mol. The van der Waals surface area contributed by atoms with Gasteiger partial charge in [0.05, 0.1) is 6.54 Å². The first-order valence-corrected chi connectivity index (χ1v) is 4.13. The van der Waals surface area contributed by atoms with Gasteiger partial charge in [-0.15, -0.1) is 12.4 Å². The number of hydrogen-bond acceptors (Lipinski definition) is 2. The molecule has 0 unspecified atom stereocenters. The molecule has 1 N–H and O–H groups in total. The van der Waals surface area contributed by atoms with Gasteiger partial charge in [0.15, 0.2) is 0 Å². The Morgan fingerprint density at radius 3 is 2.75 bits per heavy atom. The maximum Gasteiger partial charge on any atom is 0.117 e. The van der Waals surface area contributed by atoms with E-state index in [0.717, 1.165) is 24.1 Å². The van der Waals surface area contributed by atoms with Crippen LogP contribution in [-0.4, -0.2) is 6.04 Å². The molecule has 68 valence electrons. The lowest BCUT2D eigenvalue weighted by atomic mass is 10.4. The minimum atomic E-state index is 0. The summed E-state index contributed by atoms with van der Waals surface area (Å²) < 4.78 is 5.40. The standard InChI is InChI=1S/C9H13NO.ClH/c1-7-2-5-9(11-7)6-10-8-3-4-8;/h2,5,8,10H,3-4,6H2,1H3;1H. The topological polar surface area (TPSA) is 25.2 Å². The van der Waals surface area contributed by atoms with Crippen LogP contribution in [0.4, 0.5) is 0 Å². The Balaban J connectivity index is 0.000000720. The van der Waals surface area contributed by atoms with Gasteiger partial charge in [-0.05, 0) is 31.9 Å². The molecule has 1 aromatic rings. The van der Waals surface area contributed by atoms with Crippen molar-refractivity contribution in [1.29, 1.82) is 0 Å². The smallest absolute Gasteiger partial charge is 0.117 e. The molecule has 2 nitrogen and oxygen atoms in total. The Labute approximate surface area is 78.7 Å². The van der Waals surface area contributed by atoms with E-state index in [-0.39, 0.29) is 12.4 Å². The van der Waals surface area contributed by atoms with E-state index in [2.05, 4.69) is 5.32 Å². The zero-order valence-corrected chi connectivity index (χ0v) is 7.99. The molecule has 0 aromatic carbocycles. The van der Waals surface area contributed by atoms with Crippen molar-refractivity contribution in [2.24, 2.45) is 0 Å². The average Bonchev–Trinajstić information content (AvgIpc) is 2.72. The molecule has 12 heavy (non-hydrogen) atoms. The van der Waals surface area contributed by atoms with Gasteiger partial charge in [0, 0.05) is 6.04 Å². The third kappa shape index (κ3) is 2.54. The van der Waals surface area contributed by atoms with Crippen molar-refractivity contribution in [3.8, 4) is 0 Å². The number of aryl methyl sites for hydroxylation is 1. The summed E-state index contributed by atoms with van der Waals surface area (Å²) in [5, 5.41) is 3.39. The van der Waals surface area contributed by atoms with Crippen molar-refractivity contribution in [2.45, 2.75) is 32.4 Å². The summed E-state index contributed by atoms with van der Waals surface area (Å²) >= 11 is 0. The van der Waals surface area contributed by atoms with Crippen LogP contribution < -0.4 is 5.32 Å². The summed E-state index contributed by atoms with van der Waals surface area (Å²) in [6.07, 6.45) is 2.67. The molecule has 0 atom stereocenters. The summed E-state index contributed by atoms with van der Waals surface area (Å²) in [7, 11) is 0. The molecule has 1 aliphatic rings. The quantitative estimate of drug-likeness (QED) is 0.786. The minimum Gasteiger partial charge on any atom is -0.465 e. The molecule has 0 spiro atoms.